The van der Waals surface area contributed by atoms with Crippen LogP contribution < -0.4 is 5.32 Å². The summed E-state index contributed by atoms with van der Waals surface area (Å²) in [6.45, 7) is 4.10. The van der Waals surface area contributed by atoms with Crippen molar-refractivity contribution in [3.05, 3.63) is 29.8 Å². The number of benzene rings is 1. The van der Waals surface area contributed by atoms with Crippen LogP contribution in [-0.4, -0.2) is 56.1 Å². The number of amides is 1. The summed E-state index contributed by atoms with van der Waals surface area (Å²) >= 11 is 0. The highest BCUT2D eigenvalue weighted by atomic mass is 16.5. The van der Waals surface area contributed by atoms with E-state index in [1.165, 1.54) is 7.11 Å². The van der Waals surface area contributed by atoms with Gasteiger partial charge in [0.1, 0.15) is 0 Å². The van der Waals surface area contributed by atoms with E-state index in [0.717, 1.165) is 12.8 Å². The molecule has 1 saturated heterocycles. The number of carbonyl (C=O) groups excluding carboxylic acids is 3. The van der Waals surface area contributed by atoms with Crippen molar-refractivity contribution in [2.24, 2.45) is 5.92 Å². The largest absolute Gasteiger partial charge is 0.469 e. The molecule has 7 heteroatoms. The SMILES string of the molecule is CCCCOC(=O)c1ccc(NC(=O)CN2CCC(C(=O)OC)CC2)cc1. The number of hydrogen-bond acceptors (Lipinski definition) is 6. The molecule has 0 spiro atoms. The van der Waals surface area contributed by atoms with Gasteiger partial charge < -0.3 is 14.8 Å². The maximum absolute atomic E-state index is 12.2. The maximum atomic E-state index is 12.2. The van der Waals surface area contributed by atoms with Gasteiger partial charge in [0.15, 0.2) is 0 Å². The molecule has 0 radical (unpaired) electrons. The Bertz CT molecular complexity index is 636. The number of anilines is 1. The van der Waals surface area contributed by atoms with Gasteiger partial charge in [0, 0.05) is 5.69 Å². The molecule has 148 valence electrons. The van der Waals surface area contributed by atoms with E-state index in [2.05, 4.69) is 5.32 Å². The fourth-order valence-corrected chi connectivity index (χ4v) is 2.98. The lowest BCUT2D eigenvalue weighted by atomic mass is 9.97. The van der Waals surface area contributed by atoms with Crippen molar-refractivity contribution in [1.82, 2.24) is 4.90 Å². The molecule has 0 aromatic heterocycles. The number of methoxy groups -OCH3 is 1. The first-order valence-electron chi connectivity index (χ1n) is 9.40. The Kier molecular flexibility index (Phi) is 8.26. The molecule has 0 saturated carbocycles. The number of piperidine rings is 1. The molecule has 1 aliphatic rings. The summed E-state index contributed by atoms with van der Waals surface area (Å²) < 4.78 is 9.93. The summed E-state index contributed by atoms with van der Waals surface area (Å²) in [5.74, 6) is -0.717. The number of nitrogens with zero attached hydrogens (tertiary/aromatic N) is 1. The van der Waals surface area contributed by atoms with E-state index in [1.807, 2.05) is 11.8 Å². The minimum atomic E-state index is -0.352. The molecule has 1 N–H and O–H groups in total. The Labute approximate surface area is 160 Å². The van der Waals surface area contributed by atoms with Crippen molar-refractivity contribution in [1.29, 1.82) is 0 Å². The van der Waals surface area contributed by atoms with E-state index >= 15 is 0 Å². The molecule has 0 unspecified atom stereocenters. The van der Waals surface area contributed by atoms with Gasteiger partial charge in [-0.2, -0.15) is 0 Å². The average molecular weight is 376 g/mol. The van der Waals surface area contributed by atoms with E-state index in [9.17, 15) is 14.4 Å². The molecule has 7 nitrogen and oxygen atoms in total. The number of rotatable bonds is 8. The minimum absolute atomic E-state index is 0.0704. The molecule has 0 aliphatic carbocycles. The predicted octanol–water partition coefficient (Wildman–Crippen LogP) is 2.47. The molecule has 1 fully saturated rings. The Morgan fingerprint density at radius 2 is 1.81 bits per heavy atom. The summed E-state index contributed by atoms with van der Waals surface area (Å²) in [7, 11) is 1.40. The predicted molar refractivity (Wildman–Crippen MR) is 101 cm³/mol. The fraction of sp³-hybridized carbons (Fsp3) is 0.550. The quantitative estimate of drug-likeness (QED) is 0.554. The second kappa shape index (κ2) is 10.7. The lowest BCUT2D eigenvalue weighted by Gasteiger charge is -2.29. The summed E-state index contributed by atoms with van der Waals surface area (Å²) in [5, 5.41) is 2.83. The number of likely N-dealkylation sites (tertiary alicyclic amines) is 1. The van der Waals surface area contributed by atoms with Gasteiger partial charge in [-0.25, -0.2) is 4.79 Å². The van der Waals surface area contributed by atoms with E-state index in [1.54, 1.807) is 24.3 Å². The van der Waals surface area contributed by atoms with Crippen LogP contribution >= 0.6 is 0 Å². The third-order valence-electron chi connectivity index (χ3n) is 4.62. The first kappa shape index (κ1) is 20.9. The molecule has 2 rings (SSSR count). The number of ether oxygens (including phenoxy) is 2. The zero-order chi connectivity index (χ0) is 19.6. The molecular formula is C20H28N2O5. The highest BCUT2D eigenvalue weighted by Crippen LogP contribution is 2.18. The topological polar surface area (TPSA) is 84.9 Å². The molecule has 0 bridgehead atoms. The second-order valence-electron chi connectivity index (χ2n) is 6.69. The standard InChI is InChI=1S/C20H28N2O5/c1-3-4-13-27-20(25)15-5-7-17(8-6-15)21-18(23)14-22-11-9-16(10-12-22)19(24)26-2/h5-8,16H,3-4,9-14H2,1-2H3,(H,21,23). The average Bonchev–Trinajstić information content (AvgIpc) is 2.68. The Hall–Kier alpha value is -2.41. The summed E-state index contributed by atoms with van der Waals surface area (Å²) in [5.41, 5.74) is 1.10. The minimum Gasteiger partial charge on any atom is -0.469 e. The maximum Gasteiger partial charge on any atom is 0.338 e. The van der Waals surface area contributed by atoms with E-state index in [4.69, 9.17) is 9.47 Å². The first-order chi connectivity index (χ1) is 13.0. The van der Waals surface area contributed by atoms with Gasteiger partial charge in [0.05, 0.1) is 31.7 Å². The third kappa shape index (κ3) is 6.67. The normalized spacial score (nSPS) is 15.2. The number of hydrogen-bond donors (Lipinski definition) is 1. The van der Waals surface area contributed by atoms with Crippen LogP contribution in [0.3, 0.4) is 0 Å². The highest BCUT2D eigenvalue weighted by Gasteiger charge is 2.26. The summed E-state index contributed by atoms with van der Waals surface area (Å²) in [4.78, 5) is 37.6. The molecule has 1 heterocycles. The van der Waals surface area contributed by atoms with Gasteiger partial charge in [0.25, 0.3) is 0 Å². The van der Waals surface area contributed by atoms with Gasteiger partial charge in [-0.15, -0.1) is 0 Å². The van der Waals surface area contributed by atoms with Crippen LogP contribution in [0.2, 0.25) is 0 Å². The number of carbonyl (C=O) groups is 3. The van der Waals surface area contributed by atoms with Crippen LogP contribution in [0.4, 0.5) is 5.69 Å². The van der Waals surface area contributed by atoms with Crippen molar-refractivity contribution in [3.63, 3.8) is 0 Å². The van der Waals surface area contributed by atoms with Crippen LogP contribution in [0.15, 0.2) is 24.3 Å². The molecule has 1 aliphatic heterocycles. The third-order valence-corrected chi connectivity index (χ3v) is 4.62. The van der Waals surface area contributed by atoms with Gasteiger partial charge in [-0.3, -0.25) is 14.5 Å². The summed E-state index contributed by atoms with van der Waals surface area (Å²) in [6.07, 6.45) is 3.22. The molecule has 1 amide bonds. The highest BCUT2D eigenvalue weighted by molar-refractivity contribution is 5.94. The van der Waals surface area contributed by atoms with Crippen molar-refractivity contribution < 1.29 is 23.9 Å². The van der Waals surface area contributed by atoms with Crippen molar-refractivity contribution in [2.75, 3.05) is 38.7 Å². The van der Waals surface area contributed by atoms with Crippen molar-refractivity contribution in [3.8, 4) is 0 Å². The fourth-order valence-electron chi connectivity index (χ4n) is 2.98. The van der Waals surface area contributed by atoms with Crippen molar-refractivity contribution >= 4 is 23.5 Å². The van der Waals surface area contributed by atoms with Gasteiger partial charge in [-0.1, -0.05) is 13.3 Å². The smallest absolute Gasteiger partial charge is 0.338 e. The Balaban J connectivity index is 1.76. The van der Waals surface area contributed by atoms with Crippen LogP contribution in [0.5, 0.6) is 0 Å². The molecule has 1 aromatic carbocycles. The monoisotopic (exact) mass is 376 g/mol. The lowest BCUT2D eigenvalue weighted by Crippen LogP contribution is -2.41. The van der Waals surface area contributed by atoms with Crippen LogP contribution in [0.25, 0.3) is 0 Å². The van der Waals surface area contributed by atoms with Gasteiger partial charge in [-0.05, 0) is 56.6 Å². The van der Waals surface area contributed by atoms with Crippen LogP contribution in [-0.2, 0) is 19.1 Å². The molecular weight excluding hydrogens is 348 g/mol. The van der Waals surface area contributed by atoms with Crippen molar-refractivity contribution in [2.45, 2.75) is 32.6 Å². The van der Waals surface area contributed by atoms with Gasteiger partial charge >= 0.3 is 11.9 Å². The Morgan fingerprint density at radius 1 is 1.15 bits per heavy atom. The number of unbranched alkanes of at least 4 members (excludes halogenated alkanes) is 1. The Morgan fingerprint density at radius 3 is 2.41 bits per heavy atom. The zero-order valence-electron chi connectivity index (χ0n) is 16.0. The number of esters is 2. The van der Waals surface area contributed by atoms with E-state index in [-0.39, 0.29) is 30.3 Å². The summed E-state index contributed by atoms with van der Waals surface area (Å²) in [6, 6.07) is 6.67. The second-order valence-corrected chi connectivity index (χ2v) is 6.69. The molecule has 1 aromatic rings. The lowest BCUT2D eigenvalue weighted by molar-refractivity contribution is -0.147. The first-order valence-corrected chi connectivity index (χ1v) is 9.40. The molecule has 0 atom stereocenters. The van der Waals surface area contributed by atoms with E-state index < -0.39 is 0 Å². The van der Waals surface area contributed by atoms with Crippen LogP contribution in [0.1, 0.15) is 43.0 Å². The zero-order valence-corrected chi connectivity index (χ0v) is 16.0. The number of nitrogens with one attached hydrogen (secondary N) is 1. The molecule has 27 heavy (non-hydrogen) atoms. The van der Waals surface area contributed by atoms with E-state index in [0.29, 0.717) is 43.8 Å². The van der Waals surface area contributed by atoms with Crippen LogP contribution in [0, 0.1) is 5.92 Å². The van der Waals surface area contributed by atoms with Gasteiger partial charge in [0.2, 0.25) is 5.91 Å².